The lowest BCUT2D eigenvalue weighted by Crippen LogP contribution is -2.62. The average Bonchev–Trinajstić information content (AvgIpc) is 3.50. The Morgan fingerprint density at radius 3 is 2.53 bits per heavy atom. The molecule has 1 aromatic rings. The van der Waals surface area contributed by atoms with Crippen molar-refractivity contribution in [2.75, 3.05) is 0 Å². The summed E-state index contributed by atoms with van der Waals surface area (Å²) < 4.78 is 70.8. The van der Waals surface area contributed by atoms with Crippen molar-refractivity contribution in [3.8, 4) is 6.07 Å². The lowest BCUT2D eigenvalue weighted by Gasteiger charge is -2.37. The molecule has 2 N–H and O–H groups in total. The minimum atomic E-state index is -4.98. The Balaban J connectivity index is 1.80. The number of hydrogen-bond donors (Lipinski definition) is 2. The molecule has 1 saturated carbocycles. The van der Waals surface area contributed by atoms with E-state index in [0.29, 0.717) is 30.4 Å². The van der Waals surface area contributed by atoms with E-state index in [2.05, 4.69) is 10.6 Å². The van der Waals surface area contributed by atoms with Crippen LogP contribution < -0.4 is 10.6 Å². The summed E-state index contributed by atoms with van der Waals surface area (Å²) in [5, 5.41) is 13.8. The first-order chi connectivity index (χ1) is 15.0. The average molecular weight is 453 g/mol. The first kappa shape index (κ1) is 23.9. The molecule has 0 aliphatic heterocycles. The normalized spacial score (nSPS) is 23.6. The highest BCUT2D eigenvalue weighted by Gasteiger charge is 2.55. The molecule has 0 bridgehead atoms. The van der Waals surface area contributed by atoms with Gasteiger partial charge in [-0.2, -0.15) is 18.4 Å². The van der Waals surface area contributed by atoms with Crippen molar-refractivity contribution in [2.45, 2.75) is 68.5 Å². The molecule has 1 amide bonds. The third kappa shape index (κ3) is 5.36. The van der Waals surface area contributed by atoms with Crippen LogP contribution >= 0.6 is 0 Å². The first-order valence-electron chi connectivity index (χ1n) is 10.4. The molecule has 3 atom stereocenters. The second kappa shape index (κ2) is 9.02. The van der Waals surface area contributed by atoms with Gasteiger partial charge in [0.1, 0.15) is 17.4 Å². The fourth-order valence-electron chi connectivity index (χ4n) is 3.72. The predicted molar refractivity (Wildman–Crippen MR) is 109 cm³/mol. The van der Waals surface area contributed by atoms with Gasteiger partial charge in [0, 0.05) is 6.42 Å². The molecule has 1 unspecified atom stereocenters. The Bertz CT molecular complexity index is 961. The quantitative estimate of drug-likeness (QED) is 0.559. The summed E-state index contributed by atoms with van der Waals surface area (Å²) in [6, 6.07) is 3.48. The summed E-state index contributed by atoms with van der Waals surface area (Å²) in [7, 11) is 0. The van der Waals surface area contributed by atoms with Gasteiger partial charge in [-0.15, -0.1) is 0 Å². The number of hydrogen-bond acceptors (Lipinski definition) is 3. The second-order valence-corrected chi connectivity index (χ2v) is 8.30. The van der Waals surface area contributed by atoms with E-state index in [9.17, 15) is 22.4 Å². The van der Waals surface area contributed by atoms with Crippen molar-refractivity contribution >= 4 is 11.5 Å². The second-order valence-electron chi connectivity index (χ2n) is 8.30. The summed E-state index contributed by atoms with van der Waals surface area (Å²) in [4.78, 5) is 12.6. The maximum Gasteiger partial charge on any atom is 0.407 e. The molecule has 2 aliphatic carbocycles. The summed E-state index contributed by atoms with van der Waals surface area (Å²) >= 11 is 0. The molecule has 32 heavy (non-hydrogen) atoms. The molecule has 4 nitrogen and oxygen atoms in total. The maximum atomic E-state index is 15.6. The van der Waals surface area contributed by atoms with Gasteiger partial charge in [0.05, 0.1) is 12.1 Å². The van der Waals surface area contributed by atoms with E-state index < -0.39 is 47.6 Å². The Labute approximate surface area is 183 Å². The van der Waals surface area contributed by atoms with Gasteiger partial charge >= 0.3 is 6.18 Å². The van der Waals surface area contributed by atoms with Gasteiger partial charge in [0.15, 0.2) is 5.67 Å². The van der Waals surface area contributed by atoms with E-state index >= 15 is 4.39 Å². The van der Waals surface area contributed by atoms with Crippen LogP contribution in [0.15, 0.2) is 42.5 Å². The molecular formula is C23H24F5N3O. The van der Waals surface area contributed by atoms with Gasteiger partial charge in [-0.05, 0) is 48.6 Å². The Morgan fingerprint density at radius 1 is 1.31 bits per heavy atom. The number of carbonyl (C=O) groups excluding carboxylic acids is 1. The number of amides is 1. The van der Waals surface area contributed by atoms with Crippen LogP contribution in [-0.4, -0.2) is 35.4 Å². The number of nitriles is 1. The molecule has 3 rings (SSSR count). The molecule has 0 aromatic heterocycles. The Morgan fingerprint density at radius 2 is 2.03 bits per heavy atom. The molecule has 0 spiro atoms. The molecule has 2 aliphatic rings. The third-order valence-electron chi connectivity index (χ3n) is 5.73. The number of allylic oxidation sites excluding steroid dienone is 3. The fraction of sp³-hybridized carbons (Fsp3) is 0.478. The Hall–Kier alpha value is -2.73. The van der Waals surface area contributed by atoms with Crippen LogP contribution in [0.2, 0.25) is 0 Å². The van der Waals surface area contributed by atoms with Crippen LogP contribution in [0, 0.1) is 17.1 Å². The van der Waals surface area contributed by atoms with Gasteiger partial charge in [-0.1, -0.05) is 37.6 Å². The highest BCUT2D eigenvalue weighted by atomic mass is 19.4. The maximum absolute atomic E-state index is 15.6. The zero-order valence-corrected chi connectivity index (χ0v) is 17.5. The predicted octanol–water partition coefficient (Wildman–Crippen LogP) is 4.74. The fourth-order valence-corrected chi connectivity index (χ4v) is 3.72. The van der Waals surface area contributed by atoms with Gasteiger partial charge < -0.3 is 5.32 Å². The number of benzene rings is 1. The molecule has 1 aromatic carbocycles. The molecule has 0 radical (unpaired) electrons. The van der Waals surface area contributed by atoms with Crippen molar-refractivity contribution in [2.24, 2.45) is 0 Å². The van der Waals surface area contributed by atoms with Gasteiger partial charge in [-0.3, -0.25) is 10.1 Å². The molecular weight excluding hydrogens is 429 g/mol. The molecule has 0 saturated heterocycles. The van der Waals surface area contributed by atoms with Crippen LogP contribution in [-0.2, 0) is 4.79 Å². The summed E-state index contributed by atoms with van der Waals surface area (Å²) in [6.45, 7) is 1.70. The topological polar surface area (TPSA) is 64.9 Å². The van der Waals surface area contributed by atoms with Crippen molar-refractivity contribution < 1.29 is 26.7 Å². The number of nitrogens with one attached hydrogen (secondary N) is 2. The molecule has 0 heterocycles. The smallest absolute Gasteiger partial charge is 0.336 e. The van der Waals surface area contributed by atoms with E-state index in [1.807, 2.05) is 6.07 Å². The van der Waals surface area contributed by atoms with Crippen molar-refractivity contribution in [3.63, 3.8) is 0 Å². The highest BCUT2D eigenvalue weighted by molar-refractivity contribution is 5.83. The Kier molecular flexibility index (Phi) is 6.75. The summed E-state index contributed by atoms with van der Waals surface area (Å²) in [6.07, 6.45) is -0.992. The SMILES string of the molecule is CCC[C@H](N[C@H](C(F)(F)F)C1(F)C=CC(c2cccc(F)c2)=CC1)C(=O)NC1(C#N)CC1. The summed E-state index contributed by atoms with van der Waals surface area (Å²) in [5.74, 6) is -1.26. The number of carbonyl (C=O) groups is 1. The first-order valence-corrected chi connectivity index (χ1v) is 10.4. The number of alkyl halides is 4. The zero-order chi connectivity index (χ0) is 23.6. The molecule has 172 valence electrons. The van der Waals surface area contributed by atoms with E-state index in [-0.39, 0.29) is 6.42 Å². The monoisotopic (exact) mass is 453 g/mol. The lowest BCUT2D eigenvalue weighted by atomic mass is 9.84. The number of nitrogens with zero attached hydrogens (tertiary/aromatic N) is 1. The van der Waals surface area contributed by atoms with Crippen molar-refractivity contribution in [3.05, 3.63) is 53.9 Å². The standard InChI is InChI=1S/C23H24F5N3O/c1-2-4-18(19(32)31-21(14-29)11-12-21)30-20(23(26,27)28)22(25)9-7-15(8-10-22)16-5-3-6-17(24)13-16/h3,5-9,13,18,20,30H,2,4,10-12H2,1H3,(H,31,32)/t18-,20-,22?/m0/s1. The minimum Gasteiger partial charge on any atom is -0.336 e. The summed E-state index contributed by atoms with van der Waals surface area (Å²) in [5.41, 5.74) is -3.05. The number of halogens is 5. The largest absolute Gasteiger partial charge is 0.407 e. The molecule has 9 heteroatoms. The number of rotatable bonds is 8. The van der Waals surface area contributed by atoms with E-state index in [4.69, 9.17) is 5.26 Å². The minimum absolute atomic E-state index is 0.0457. The van der Waals surface area contributed by atoms with Gasteiger partial charge in [-0.25, -0.2) is 8.78 Å². The van der Waals surface area contributed by atoms with Crippen LogP contribution in [0.25, 0.3) is 5.57 Å². The van der Waals surface area contributed by atoms with E-state index in [1.165, 1.54) is 30.4 Å². The van der Waals surface area contributed by atoms with Gasteiger partial charge in [0.25, 0.3) is 0 Å². The van der Waals surface area contributed by atoms with Crippen LogP contribution in [0.5, 0.6) is 0 Å². The van der Waals surface area contributed by atoms with Crippen molar-refractivity contribution in [1.82, 2.24) is 10.6 Å². The van der Waals surface area contributed by atoms with Crippen LogP contribution in [0.3, 0.4) is 0 Å². The highest BCUT2D eigenvalue weighted by Crippen LogP contribution is 2.39. The van der Waals surface area contributed by atoms with Crippen LogP contribution in [0.1, 0.15) is 44.6 Å². The zero-order valence-electron chi connectivity index (χ0n) is 17.5. The molecule has 1 fully saturated rings. The van der Waals surface area contributed by atoms with Crippen molar-refractivity contribution in [1.29, 1.82) is 5.26 Å². The lowest BCUT2D eigenvalue weighted by molar-refractivity contribution is -0.182. The van der Waals surface area contributed by atoms with Gasteiger partial charge in [0.2, 0.25) is 5.91 Å². The van der Waals surface area contributed by atoms with E-state index in [0.717, 1.165) is 6.08 Å². The van der Waals surface area contributed by atoms with Crippen LogP contribution in [0.4, 0.5) is 22.0 Å². The van der Waals surface area contributed by atoms with E-state index in [1.54, 1.807) is 13.0 Å². The third-order valence-corrected chi connectivity index (χ3v) is 5.73.